The molecule has 0 bridgehead atoms. The fourth-order valence-electron chi connectivity index (χ4n) is 2.35. The van der Waals surface area contributed by atoms with Crippen LogP contribution in [0.2, 0.25) is 0 Å². The third kappa shape index (κ3) is 2.83. The lowest BCUT2D eigenvalue weighted by Gasteiger charge is -2.45. The van der Waals surface area contributed by atoms with Gasteiger partial charge in [-0.1, -0.05) is 19.8 Å². The molecule has 0 saturated carbocycles. The molecule has 1 heterocycles. The van der Waals surface area contributed by atoms with Gasteiger partial charge in [0.1, 0.15) is 5.54 Å². The Bertz CT molecular complexity index is 328. The predicted octanol–water partition coefficient (Wildman–Crippen LogP) is 0.583. The van der Waals surface area contributed by atoms with Crippen LogP contribution in [-0.4, -0.2) is 53.3 Å². The summed E-state index contributed by atoms with van der Waals surface area (Å²) in [5.41, 5.74) is 5.14. The van der Waals surface area contributed by atoms with Crippen LogP contribution in [0.5, 0.6) is 0 Å². The first-order valence-corrected chi connectivity index (χ1v) is 6.65. The highest BCUT2D eigenvalue weighted by Gasteiger charge is 2.43. The van der Waals surface area contributed by atoms with E-state index < -0.39 is 11.6 Å². The zero-order chi connectivity index (χ0) is 13.9. The van der Waals surface area contributed by atoms with E-state index >= 15 is 0 Å². The van der Waals surface area contributed by atoms with Crippen molar-refractivity contribution in [1.82, 2.24) is 9.80 Å². The Labute approximate surface area is 109 Å². The maximum atomic E-state index is 12.3. The highest BCUT2D eigenvalue weighted by Crippen LogP contribution is 2.22. The van der Waals surface area contributed by atoms with Gasteiger partial charge in [0, 0.05) is 20.1 Å². The van der Waals surface area contributed by atoms with Gasteiger partial charge in [-0.05, 0) is 20.3 Å². The number of carbonyl (C=O) groups excluding carboxylic acids is 2. The Morgan fingerprint density at radius 2 is 2.06 bits per heavy atom. The number of hydrogen-bond acceptors (Lipinski definition) is 3. The van der Waals surface area contributed by atoms with Gasteiger partial charge in [-0.3, -0.25) is 9.59 Å². The van der Waals surface area contributed by atoms with Gasteiger partial charge in [0.25, 0.3) is 0 Å². The molecule has 0 aliphatic carbocycles. The number of likely N-dealkylation sites (N-methyl/N-ethyl adjacent to an activating group) is 1. The number of nitrogens with two attached hydrogens (primary N) is 1. The molecule has 5 nitrogen and oxygen atoms in total. The van der Waals surface area contributed by atoms with Crippen LogP contribution in [0.25, 0.3) is 0 Å². The third-order valence-corrected chi connectivity index (χ3v) is 3.66. The van der Waals surface area contributed by atoms with E-state index in [4.69, 9.17) is 5.73 Å². The zero-order valence-electron chi connectivity index (χ0n) is 11.9. The van der Waals surface area contributed by atoms with Crippen LogP contribution in [0, 0.1) is 0 Å². The zero-order valence-corrected chi connectivity index (χ0v) is 11.9. The molecule has 1 unspecified atom stereocenters. The maximum absolute atomic E-state index is 12.3. The first-order chi connectivity index (χ1) is 8.32. The lowest BCUT2D eigenvalue weighted by atomic mass is 9.96. The summed E-state index contributed by atoms with van der Waals surface area (Å²) in [5.74, 6) is -0.125. The lowest BCUT2D eigenvalue weighted by molar-refractivity contribution is -0.158. The molecule has 0 spiro atoms. The molecule has 0 aromatic carbocycles. The number of rotatable bonds is 4. The Kier molecular flexibility index (Phi) is 4.73. The summed E-state index contributed by atoms with van der Waals surface area (Å²) in [4.78, 5) is 27.7. The monoisotopic (exact) mass is 255 g/mol. The molecular formula is C13H25N3O2. The van der Waals surface area contributed by atoms with Crippen molar-refractivity contribution in [2.24, 2.45) is 5.73 Å². The smallest absolute Gasteiger partial charge is 0.247 e. The van der Waals surface area contributed by atoms with Gasteiger partial charge < -0.3 is 15.5 Å². The first kappa shape index (κ1) is 15.0. The minimum absolute atomic E-state index is 0.0233. The van der Waals surface area contributed by atoms with E-state index in [0.29, 0.717) is 19.5 Å². The van der Waals surface area contributed by atoms with Crippen LogP contribution < -0.4 is 5.73 Å². The van der Waals surface area contributed by atoms with E-state index in [1.165, 1.54) is 0 Å². The molecule has 18 heavy (non-hydrogen) atoms. The van der Waals surface area contributed by atoms with Crippen LogP contribution in [0.15, 0.2) is 0 Å². The fourth-order valence-corrected chi connectivity index (χ4v) is 2.35. The van der Waals surface area contributed by atoms with Crippen LogP contribution in [-0.2, 0) is 9.59 Å². The highest BCUT2D eigenvalue weighted by molar-refractivity contribution is 5.93. The van der Waals surface area contributed by atoms with Crippen molar-refractivity contribution in [3.8, 4) is 0 Å². The summed E-state index contributed by atoms with van der Waals surface area (Å²) >= 11 is 0. The van der Waals surface area contributed by atoms with Gasteiger partial charge in [0.05, 0.1) is 6.04 Å². The molecule has 1 rings (SSSR count). The normalized spacial score (nSPS) is 21.1. The summed E-state index contributed by atoms with van der Waals surface area (Å²) in [5, 5.41) is 0. The molecule has 0 aromatic heterocycles. The summed E-state index contributed by atoms with van der Waals surface area (Å²) in [6.45, 7) is 6.79. The Morgan fingerprint density at radius 1 is 1.44 bits per heavy atom. The summed E-state index contributed by atoms with van der Waals surface area (Å²) in [7, 11) is 1.77. The van der Waals surface area contributed by atoms with Crippen molar-refractivity contribution < 1.29 is 9.59 Å². The second-order valence-corrected chi connectivity index (χ2v) is 5.52. The minimum Gasteiger partial charge on any atom is -0.342 e. The number of nitrogens with zero attached hydrogens (tertiary/aromatic N) is 2. The van der Waals surface area contributed by atoms with Crippen LogP contribution in [0.1, 0.15) is 40.0 Å². The van der Waals surface area contributed by atoms with E-state index in [-0.39, 0.29) is 11.8 Å². The van der Waals surface area contributed by atoms with E-state index in [1.807, 2.05) is 0 Å². The molecule has 1 saturated heterocycles. The van der Waals surface area contributed by atoms with Gasteiger partial charge in [-0.15, -0.1) is 0 Å². The number of hydrogen-bond donors (Lipinski definition) is 1. The second-order valence-electron chi connectivity index (χ2n) is 5.52. The number of carbonyl (C=O) groups is 2. The summed E-state index contributed by atoms with van der Waals surface area (Å²) < 4.78 is 0. The average molecular weight is 255 g/mol. The second kappa shape index (κ2) is 5.69. The standard InChI is InChI=1S/C13H25N3O2/c1-5-6-7-10(14)11(17)16-9-8-15(4)12(18)13(16,2)3/h10H,5-9,14H2,1-4H3. The van der Waals surface area contributed by atoms with Crippen LogP contribution in [0.4, 0.5) is 0 Å². The van der Waals surface area contributed by atoms with Crippen molar-refractivity contribution >= 4 is 11.8 Å². The summed E-state index contributed by atoms with van der Waals surface area (Å²) in [6.07, 6.45) is 2.65. The van der Waals surface area contributed by atoms with Crippen molar-refractivity contribution in [2.45, 2.75) is 51.6 Å². The molecule has 1 atom stereocenters. The molecule has 2 amide bonds. The Balaban J connectivity index is 2.76. The molecule has 0 radical (unpaired) electrons. The largest absolute Gasteiger partial charge is 0.342 e. The molecule has 0 aromatic rings. The van der Waals surface area contributed by atoms with Crippen molar-refractivity contribution in [3.05, 3.63) is 0 Å². The van der Waals surface area contributed by atoms with E-state index in [2.05, 4.69) is 6.92 Å². The minimum atomic E-state index is -0.784. The molecule has 5 heteroatoms. The predicted molar refractivity (Wildman–Crippen MR) is 70.9 cm³/mol. The van der Waals surface area contributed by atoms with Gasteiger partial charge in [0.15, 0.2) is 0 Å². The van der Waals surface area contributed by atoms with Gasteiger partial charge in [-0.25, -0.2) is 0 Å². The first-order valence-electron chi connectivity index (χ1n) is 6.65. The van der Waals surface area contributed by atoms with E-state index in [1.54, 1.807) is 30.7 Å². The number of piperazine rings is 1. The number of amides is 2. The van der Waals surface area contributed by atoms with E-state index in [9.17, 15) is 9.59 Å². The molecular weight excluding hydrogens is 230 g/mol. The average Bonchev–Trinajstić information content (AvgIpc) is 2.32. The Hall–Kier alpha value is -1.10. The topological polar surface area (TPSA) is 66.6 Å². The fraction of sp³-hybridized carbons (Fsp3) is 0.846. The van der Waals surface area contributed by atoms with Gasteiger partial charge in [-0.2, -0.15) is 0 Å². The lowest BCUT2D eigenvalue weighted by Crippen LogP contribution is -2.65. The summed E-state index contributed by atoms with van der Waals surface area (Å²) in [6, 6.07) is -0.486. The van der Waals surface area contributed by atoms with E-state index in [0.717, 1.165) is 12.8 Å². The SMILES string of the molecule is CCCCC(N)C(=O)N1CCN(C)C(=O)C1(C)C. The van der Waals surface area contributed by atoms with Gasteiger partial charge >= 0.3 is 0 Å². The molecule has 2 N–H and O–H groups in total. The number of unbranched alkanes of at least 4 members (excludes halogenated alkanes) is 1. The van der Waals surface area contributed by atoms with Crippen LogP contribution in [0.3, 0.4) is 0 Å². The van der Waals surface area contributed by atoms with Crippen molar-refractivity contribution in [3.63, 3.8) is 0 Å². The third-order valence-electron chi connectivity index (χ3n) is 3.66. The Morgan fingerprint density at radius 3 is 2.61 bits per heavy atom. The highest BCUT2D eigenvalue weighted by atomic mass is 16.2. The van der Waals surface area contributed by atoms with Gasteiger partial charge in [0.2, 0.25) is 11.8 Å². The maximum Gasteiger partial charge on any atom is 0.247 e. The van der Waals surface area contributed by atoms with Crippen molar-refractivity contribution in [1.29, 1.82) is 0 Å². The molecule has 1 aliphatic heterocycles. The van der Waals surface area contributed by atoms with Crippen molar-refractivity contribution in [2.75, 3.05) is 20.1 Å². The molecule has 1 fully saturated rings. The molecule has 1 aliphatic rings. The quantitative estimate of drug-likeness (QED) is 0.799. The molecule has 104 valence electrons. The van der Waals surface area contributed by atoms with Crippen LogP contribution >= 0.6 is 0 Å².